The highest BCUT2D eigenvalue weighted by molar-refractivity contribution is 8.34. The number of aliphatic imine (C=N–C) groups is 1. The van der Waals surface area contributed by atoms with Crippen molar-refractivity contribution in [2.24, 2.45) is 4.99 Å². The van der Waals surface area contributed by atoms with Crippen LogP contribution < -0.4 is 20.9 Å². The minimum absolute atomic E-state index is 0.373. The maximum atomic E-state index is 11.7. The number of piperazine rings is 1. The van der Waals surface area contributed by atoms with Crippen LogP contribution in [0.25, 0.3) is 0 Å². The summed E-state index contributed by atoms with van der Waals surface area (Å²) in [5, 5.41) is 36.3. The lowest BCUT2D eigenvalue weighted by Crippen LogP contribution is -2.44. The predicted octanol–water partition coefficient (Wildman–Crippen LogP) is 3.12. The van der Waals surface area contributed by atoms with Gasteiger partial charge in [-0.3, -0.25) is 0 Å². The predicted molar refractivity (Wildman–Crippen MR) is 150 cm³/mol. The second-order valence-corrected chi connectivity index (χ2v) is 11.0. The average molecular weight is 595 g/mol. The van der Waals surface area contributed by atoms with Crippen LogP contribution in [0.1, 0.15) is 25.0 Å². The second-order valence-electron chi connectivity index (χ2n) is 8.68. The molecule has 2 aliphatic rings. The number of halogens is 3. The highest BCUT2D eigenvalue weighted by Gasteiger charge is 2.38. The van der Waals surface area contributed by atoms with Crippen molar-refractivity contribution < 1.29 is 33.0 Å². The zero-order valence-electron chi connectivity index (χ0n) is 22.2. The molecule has 0 aliphatic carbocycles. The number of hydrogen-bond acceptors (Lipinski definition) is 10. The van der Waals surface area contributed by atoms with E-state index in [1.165, 1.54) is 0 Å². The van der Waals surface area contributed by atoms with E-state index in [2.05, 4.69) is 36.9 Å². The van der Waals surface area contributed by atoms with E-state index in [1.807, 2.05) is 25.1 Å². The molecule has 220 valence electrons. The van der Waals surface area contributed by atoms with Crippen LogP contribution in [0.2, 0.25) is 0 Å². The van der Waals surface area contributed by atoms with Crippen molar-refractivity contribution in [1.82, 2.24) is 15.3 Å². The number of benzene rings is 1. The van der Waals surface area contributed by atoms with Crippen molar-refractivity contribution in [2.75, 3.05) is 47.5 Å². The Labute approximate surface area is 236 Å². The molecule has 3 heterocycles. The van der Waals surface area contributed by atoms with Crippen LogP contribution in [0.15, 0.2) is 45.9 Å². The molecule has 1 aromatic heterocycles. The van der Waals surface area contributed by atoms with Crippen LogP contribution in [0, 0.1) is 11.3 Å². The molecular weight excluding hydrogens is 565 g/mol. The topological polar surface area (TPSA) is 176 Å². The SMILES string of the molecule is CC[SH]1C(Nc2nc(NCc3ccc(C#N)cc3)cc(N3CCNCC3)n2)=NC(C)=C1C(=O)O.O=C(O)C(F)(F)F. The number of nitrogens with one attached hydrogen (secondary N) is 3. The van der Waals surface area contributed by atoms with Gasteiger partial charge in [-0.2, -0.15) is 39.3 Å². The third kappa shape index (κ3) is 8.56. The Morgan fingerprint density at radius 3 is 2.34 bits per heavy atom. The second kappa shape index (κ2) is 13.8. The Morgan fingerprint density at radius 1 is 1.17 bits per heavy atom. The summed E-state index contributed by atoms with van der Waals surface area (Å²) in [5.41, 5.74) is 2.17. The largest absolute Gasteiger partial charge is 0.490 e. The summed E-state index contributed by atoms with van der Waals surface area (Å²) >= 11 is 0. The van der Waals surface area contributed by atoms with Gasteiger partial charge in [0.1, 0.15) is 16.5 Å². The summed E-state index contributed by atoms with van der Waals surface area (Å²) in [6.07, 6.45) is -5.08. The minimum Gasteiger partial charge on any atom is -0.477 e. The lowest BCUT2D eigenvalue weighted by atomic mass is 10.1. The van der Waals surface area contributed by atoms with Gasteiger partial charge in [0.25, 0.3) is 0 Å². The van der Waals surface area contributed by atoms with Crippen LogP contribution in [0.3, 0.4) is 0 Å². The van der Waals surface area contributed by atoms with Crippen molar-refractivity contribution in [2.45, 2.75) is 26.6 Å². The van der Waals surface area contributed by atoms with Crippen LogP contribution in [0.5, 0.6) is 0 Å². The lowest BCUT2D eigenvalue weighted by molar-refractivity contribution is -0.192. The summed E-state index contributed by atoms with van der Waals surface area (Å²) in [4.78, 5) is 37.1. The van der Waals surface area contributed by atoms with Gasteiger partial charge < -0.3 is 31.1 Å². The van der Waals surface area contributed by atoms with E-state index >= 15 is 0 Å². The zero-order chi connectivity index (χ0) is 30.2. The van der Waals surface area contributed by atoms with E-state index in [9.17, 15) is 23.1 Å². The molecule has 16 heteroatoms. The van der Waals surface area contributed by atoms with Gasteiger partial charge in [0, 0.05) is 38.8 Å². The Morgan fingerprint density at radius 2 is 1.80 bits per heavy atom. The normalized spacial score (nSPS) is 17.6. The molecule has 0 radical (unpaired) electrons. The number of thiol groups is 1. The van der Waals surface area contributed by atoms with Crippen molar-refractivity contribution >= 4 is 45.6 Å². The molecule has 1 fully saturated rings. The van der Waals surface area contributed by atoms with Crippen LogP contribution in [-0.4, -0.2) is 75.4 Å². The van der Waals surface area contributed by atoms with Crippen LogP contribution >= 0.6 is 10.9 Å². The van der Waals surface area contributed by atoms with Gasteiger partial charge in [-0.15, -0.1) is 0 Å². The molecule has 41 heavy (non-hydrogen) atoms. The van der Waals surface area contributed by atoms with E-state index in [-0.39, 0.29) is 0 Å². The van der Waals surface area contributed by atoms with Gasteiger partial charge in [0.05, 0.1) is 17.3 Å². The number of anilines is 3. The molecule has 1 atom stereocenters. The summed E-state index contributed by atoms with van der Waals surface area (Å²) in [6, 6.07) is 11.4. The van der Waals surface area contributed by atoms with Crippen LogP contribution in [0.4, 0.5) is 30.8 Å². The third-order valence-electron chi connectivity index (χ3n) is 5.84. The van der Waals surface area contributed by atoms with E-state index in [1.54, 1.807) is 19.1 Å². The lowest BCUT2D eigenvalue weighted by Gasteiger charge is -2.29. The monoisotopic (exact) mass is 594 g/mol. The molecule has 5 N–H and O–H groups in total. The average Bonchev–Trinajstić information content (AvgIpc) is 3.27. The molecule has 4 rings (SSSR count). The zero-order valence-corrected chi connectivity index (χ0v) is 23.1. The number of carbonyl (C=O) groups is 2. The van der Waals surface area contributed by atoms with E-state index < -0.39 is 29.0 Å². The molecule has 12 nitrogen and oxygen atoms in total. The number of amidine groups is 1. The molecule has 0 saturated carbocycles. The number of allylic oxidation sites excluding steroid dienone is 1. The number of alkyl halides is 3. The minimum atomic E-state index is -5.08. The fraction of sp³-hybridized carbons (Fsp3) is 0.360. The van der Waals surface area contributed by atoms with Crippen LogP contribution in [-0.2, 0) is 16.1 Å². The summed E-state index contributed by atoms with van der Waals surface area (Å²) < 4.78 is 31.7. The van der Waals surface area contributed by atoms with E-state index in [4.69, 9.17) is 20.1 Å². The highest BCUT2D eigenvalue weighted by Crippen LogP contribution is 2.44. The molecular formula is C25H29F3N8O4S. The van der Waals surface area contributed by atoms with Crippen molar-refractivity contribution in [3.63, 3.8) is 0 Å². The van der Waals surface area contributed by atoms with Gasteiger partial charge in [0.15, 0.2) is 5.17 Å². The Hall–Kier alpha value is -4.36. The highest BCUT2D eigenvalue weighted by atomic mass is 32.2. The van der Waals surface area contributed by atoms with Gasteiger partial charge in [-0.05, 0) is 30.4 Å². The molecule has 0 bridgehead atoms. The summed E-state index contributed by atoms with van der Waals surface area (Å²) in [7, 11) is -1.09. The van der Waals surface area contributed by atoms with Crippen molar-refractivity contribution in [1.29, 1.82) is 5.26 Å². The number of aliphatic carboxylic acids is 2. The Bertz CT molecular complexity index is 1370. The number of hydrogen-bond donors (Lipinski definition) is 6. The fourth-order valence-corrected chi connectivity index (χ4v) is 5.88. The molecule has 2 aromatic rings. The number of nitrogens with zero attached hydrogens (tertiary/aromatic N) is 5. The quantitative estimate of drug-likeness (QED) is 0.260. The third-order valence-corrected chi connectivity index (χ3v) is 8.25. The first-order valence-corrected chi connectivity index (χ1v) is 13.9. The number of nitriles is 1. The molecule has 1 saturated heterocycles. The van der Waals surface area contributed by atoms with Crippen molar-refractivity contribution in [3.8, 4) is 6.07 Å². The number of aromatic nitrogens is 2. The first-order chi connectivity index (χ1) is 19.4. The molecule has 2 aliphatic heterocycles. The van der Waals surface area contributed by atoms with Gasteiger partial charge in [-0.1, -0.05) is 19.1 Å². The maximum absolute atomic E-state index is 11.7. The van der Waals surface area contributed by atoms with Gasteiger partial charge in [-0.25, -0.2) is 14.6 Å². The first-order valence-electron chi connectivity index (χ1n) is 12.4. The number of carboxylic acids is 2. The fourth-order valence-electron chi connectivity index (χ4n) is 3.87. The summed E-state index contributed by atoms with van der Waals surface area (Å²) in [5.74, 6) is -1.18. The standard InChI is InChI=1S/C23H28N8O2S.C2HF3O2/c1-3-34-20(21(32)33)15(2)27-23(34)30-22-28-18(12-19(29-22)31-10-8-25-9-11-31)26-14-17-6-4-16(13-24)5-7-17;3-2(4,5)1(6)7/h4-7,12,25,34H,3,8-11,14H2,1-2H3,(H,32,33)(H2,26,27,28,29,30);(H,6,7). The number of rotatable bonds is 7. The van der Waals surface area contributed by atoms with Gasteiger partial charge in [0.2, 0.25) is 5.95 Å². The smallest absolute Gasteiger partial charge is 0.477 e. The molecule has 0 spiro atoms. The van der Waals surface area contributed by atoms with E-state index in [0.717, 1.165) is 37.6 Å². The maximum Gasteiger partial charge on any atom is 0.490 e. The summed E-state index contributed by atoms with van der Waals surface area (Å²) in [6.45, 7) is 7.64. The Balaban J connectivity index is 0.000000587. The molecule has 0 amide bonds. The van der Waals surface area contributed by atoms with Crippen molar-refractivity contribution in [3.05, 3.63) is 52.1 Å². The van der Waals surface area contributed by atoms with E-state index in [0.29, 0.717) is 45.4 Å². The Kier molecular flexibility index (Phi) is 10.5. The molecule has 1 aromatic carbocycles. The number of carboxylic acid groups (broad SMARTS) is 2. The first kappa shape index (κ1) is 31.2. The van der Waals surface area contributed by atoms with Gasteiger partial charge >= 0.3 is 18.1 Å². The molecule has 1 unspecified atom stereocenters.